The highest BCUT2D eigenvalue weighted by atomic mass is 16.7. The van der Waals surface area contributed by atoms with Crippen molar-refractivity contribution in [2.45, 2.75) is 30.2 Å². The van der Waals surface area contributed by atoms with E-state index in [0.29, 0.717) is 0 Å². The minimum absolute atomic E-state index is 0.646. The Hall–Kier alpha value is -0.280. The first kappa shape index (κ1) is 11.8. The third kappa shape index (κ3) is 1.75. The maximum atomic E-state index is 9.43. The number of hydrogen-bond donors (Lipinski definition) is 6. The molecule has 5 atom stereocenters. The molecule has 0 bridgehead atoms. The standard InChI is InChI=1S/C7H14O7/c8-1-3-4(10)5(11)6(12)7(13,2-9)14-3/h3-6,8-13H,1-2H2/t3-,4+,5-,6+,7+/m0/s1. The first-order chi connectivity index (χ1) is 6.46. The van der Waals surface area contributed by atoms with Gasteiger partial charge in [0.15, 0.2) is 0 Å². The van der Waals surface area contributed by atoms with Crippen LogP contribution in [0.25, 0.3) is 0 Å². The predicted molar refractivity (Wildman–Crippen MR) is 42.0 cm³/mol. The second-order valence-corrected chi connectivity index (χ2v) is 3.27. The second kappa shape index (κ2) is 4.07. The molecule has 1 aliphatic heterocycles. The molecule has 1 saturated heterocycles. The molecule has 0 aromatic heterocycles. The van der Waals surface area contributed by atoms with Gasteiger partial charge in [0.2, 0.25) is 5.79 Å². The van der Waals surface area contributed by atoms with Crippen molar-refractivity contribution in [1.29, 1.82) is 0 Å². The van der Waals surface area contributed by atoms with Gasteiger partial charge in [0.05, 0.1) is 13.2 Å². The van der Waals surface area contributed by atoms with E-state index in [1.807, 2.05) is 0 Å². The van der Waals surface area contributed by atoms with Gasteiger partial charge in [0.1, 0.15) is 24.4 Å². The van der Waals surface area contributed by atoms with E-state index >= 15 is 0 Å². The average molecular weight is 210 g/mol. The van der Waals surface area contributed by atoms with Crippen LogP contribution >= 0.6 is 0 Å². The van der Waals surface area contributed by atoms with Crippen LogP contribution < -0.4 is 0 Å². The van der Waals surface area contributed by atoms with Gasteiger partial charge < -0.3 is 35.4 Å². The van der Waals surface area contributed by atoms with Crippen LogP contribution in [0.15, 0.2) is 0 Å². The number of hydrogen-bond acceptors (Lipinski definition) is 7. The quantitative estimate of drug-likeness (QED) is 0.275. The smallest absolute Gasteiger partial charge is 0.219 e. The third-order valence-electron chi connectivity index (χ3n) is 2.28. The average Bonchev–Trinajstić information content (AvgIpc) is 2.20. The predicted octanol–water partition coefficient (Wildman–Crippen LogP) is -3.86. The van der Waals surface area contributed by atoms with E-state index in [9.17, 15) is 20.4 Å². The minimum Gasteiger partial charge on any atom is -0.394 e. The second-order valence-electron chi connectivity index (χ2n) is 3.27. The SMILES string of the molecule is OC[C@@H]1O[C@](O)(CO)[C@H](O)[C@@H](O)[C@@H]1O. The van der Waals surface area contributed by atoms with Gasteiger partial charge in [0.25, 0.3) is 0 Å². The molecule has 1 rings (SSSR count). The zero-order valence-corrected chi connectivity index (χ0v) is 7.32. The molecule has 0 amide bonds. The highest BCUT2D eigenvalue weighted by Gasteiger charge is 2.52. The fourth-order valence-electron chi connectivity index (χ4n) is 1.35. The number of aliphatic hydroxyl groups excluding tert-OH is 5. The van der Waals surface area contributed by atoms with Crippen LogP contribution in [0.1, 0.15) is 0 Å². The van der Waals surface area contributed by atoms with E-state index in [4.69, 9.17) is 10.2 Å². The van der Waals surface area contributed by atoms with E-state index in [0.717, 1.165) is 0 Å². The van der Waals surface area contributed by atoms with Crippen molar-refractivity contribution in [2.24, 2.45) is 0 Å². The van der Waals surface area contributed by atoms with E-state index < -0.39 is 43.4 Å². The van der Waals surface area contributed by atoms with Crippen molar-refractivity contribution >= 4 is 0 Å². The lowest BCUT2D eigenvalue weighted by atomic mass is 9.93. The normalized spacial score (nSPS) is 49.3. The molecule has 14 heavy (non-hydrogen) atoms. The Kier molecular flexibility index (Phi) is 3.43. The molecule has 6 N–H and O–H groups in total. The molecule has 0 aromatic carbocycles. The highest BCUT2D eigenvalue weighted by molar-refractivity contribution is 4.95. The molecule has 0 spiro atoms. The Morgan fingerprint density at radius 1 is 1.07 bits per heavy atom. The van der Waals surface area contributed by atoms with E-state index in [1.165, 1.54) is 0 Å². The molecule has 0 aliphatic carbocycles. The van der Waals surface area contributed by atoms with Crippen LogP contribution in [0.2, 0.25) is 0 Å². The maximum absolute atomic E-state index is 9.43. The highest BCUT2D eigenvalue weighted by Crippen LogP contribution is 2.27. The molecule has 0 radical (unpaired) electrons. The van der Waals surface area contributed by atoms with Gasteiger partial charge in [-0.2, -0.15) is 0 Å². The lowest BCUT2D eigenvalue weighted by Crippen LogP contribution is -2.66. The van der Waals surface area contributed by atoms with Crippen molar-refractivity contribution < 1.29 is 35.4 Å². The first-order valence-electron chi connectivity index (χ1n) is 4.12. The van der Waals surface area contributed by atoms with Crippen LogP contribution in [0.5, 0.6) is 0 Å². The Labute approximate surface area is 79.8 Å². The van der Waals surface area contributed by atoms with Crippen LogP contribution in [-0.2, 0) is 4.74 Å². The molecular formula is C7H14O7. The van der Waals surface area contributed by atoms with Gasteiger partial charge in [-0.25, -0.2) is 0 Å². The van der Waals surface area contributed by atoms with Gasteiger partial charge in [-0.3, -0.25) is 0 Å². The van der Waals surface area contributed by atoms with E-state index in [1.54, 1.807) is 0 Å². The Bertz CT molecular complexity index is 196. The molecule has 1 heterocycles. The van der Waals surface area contributed by atoms with Crippen molar-refractivity contribution in [3.8, 4) is 0 Å². The molecule has 0 aromatic rings. The molecular weight excluding hydrogens is 196 g/mol. The maximum Gasteiger partial charge on any atom is 0.219 e. The number of aliphatic hydroxyl groups is 6. The summed E-state index contributed by atoms with van der Waals surface area (Å²) in [5.74, 6) is -2.36. The van der Waals surface area contributed by atoms with Crippen molar-refractivity contribution in [2.75, 3.05) is 13.2 Å². The summed E-state index contributed by atoms with van der Waals surface area (Å²) >= 11 is 0. The monoisotopic (exact) mass is 210 g/mol. The fraction of sp³-hybridized carbons (Fsp3) is 1.00. The van der Waals surface area contributed by atoms with Gasteiger partial charge in [0, 0.05) is 0 Å². The molecule has 84 valence electrons. The Morgan fingerprint density at radius 2 is 1.64 bits per heavy atom. The Balaban J connectivity index is 2.84. The van der Waals surface area contributed by atoms with Crippen LogP contribution in [0.3, 0.4) is 0 Å². The summed E-state index contributed by atoms with van der Waals surface area (Å²) in [7, 11) is 0. The van der Waals surface area contributed by atoms with Gasteiger partial charge in [-0.1, -0.05) is 0 Å². The summed E-state index contributed by atoms with van der Waals surface area (Å²) in [4.78, 5) is 0. The van der Waals surface area contributed by atoms with Crippen molar-refractivity contribution in [3.05, 3.63) is 0 Å². The Morgan fingerprint density at radius 3 is 2.07 bits per heavy atom. The zero-order chi connectivity index (χ0) is 10.9. The van der Waals surface area contributed by atoms with Crippen molar-refractivity contribution in [1.82, 2.24) is 0 Å². The molecule has 1 aliphatic rings. The molecule has 7 nitrogen and oxygen atoms in total. The van der Waals surface area contributed by atoms with E-state index in [2.05, 4.69) is 4.74 Å². The minimum atomic E-state index is -2.36. The lowest BCUT2D eigenvalue weighted by molar-refractivity contribution is -0.357. The van der Waals surface area contributed by atoms with Gasteiger partial charge in [-0.15, -0.1) is 0 Å². The largest absolute Gasteiger partial charge is 0.394 e. The van der Waals surface area contributed by atoms with Crippen LogP contribution in [-0.4, -0.2) is 74.1 Å². The summed E-state index contributed by atoms with van der Waals surface area (Å²) in [5, 5.41) is 54.6. The van der Waals surface area contributed by atoms with Crippen molar-refractivity contribution in [3.63, 3.8) is 0 Å². The molecule has 0 saturated carbocycles. The lowest BCUT2D eigenvalue weighted by Gasteiger charge is -2.44. The number of ether oxygens (including phenoxy) is 1. The fourth-order valence-corrected chi connectivity index (χ4v) is 1.35. The summed E-state index contributed by atoms with van der Waals surface area (Å²) in [5.41, 5.74) is 0. The third-order valence-corrected chi connectivity index (χ3v) is 2.28. The number of rotatable bonds is 2. The summed E-state index contributed by atoms with van der Waals surface area (Å²) in [6.07, 6.45) is -6.27. The summed E-state index contributed by atoms with van der Waals surface area (Å²) < 4.78 is 4.66. The topological polar surface area (TPSA) is 131 Å². The van der Waals surface area contributed by atoms with Gasteiger partial charge in [-0.05, 0) is 0 Å². The summed E-state index contributed by atoms with van der Waals surface area (Å²) in [6.45, 7) is -1.60. The van der Waals surface area contributed by atoms with E-state index in [-0.39, 0.29) is 0 Å². The summed E-state index contributed by atoms with van der Waals surface area (Å²) in [6, 6.07) is 0. The first-order valence-corrected chi connectivity index (χ1v) is 4.12. The molecule has 7 heteroatoms. The molecule has 1 fully saturated rings. The van der Waals surface area contributed by atoms with Crippen LogP contribution in [0.4, 0.5) is 0 Å². The van der Waals surface area contributed by atoms with Gasteiger partial charge >= 0.3 is 0 Å². The van der Waals surface area contributed by atoms with Crippen LogP contribution in [0, 0.1) is 0 Å². The molecule has 0 unspecified atom stereocenters. The zero-order valence-electron chi connectivity index (χ0n) is 7.32.